The third-order valence-corrected chi connectivity index (χ3v) is 3.85. The second-order valence-corrected chi connectivity index (χ2v) is 5.04. The zero-order chi connectivity index (χ0) is 13.3. The van der Waals surface area contributed by atoms with Gasteiger partial charge in [0, 0.05) is 19.1 Å². The molecule has 3 N–H and O–H groups in total. The summed E-state index contributed by atoms with van der Waals surface area (Å²) in [5.41, 5.74) is 6.84. The van der Waals surface area contributed by atoms with Gasteiger partial charge in [0.15, 0.2) is 0 Å². The third kappa shape index (κ3) is 2.08. The van der Waals surface area contributed by atoms with Crippen LogP contribution in [-0.4, -0.2) is 35.0 Å². The van der Waals surface area contributed by atoms with Gasteiger partial charge < -0.3 is 15.7 Å². The number of amides is 1. The summed E-state index contributed by atoms with van der Waals surface area (Å²) in [6.07, 6.45) is 0.972. The number of para-hydroxylation sites is 1. The summed E-state index contributed by atoms with van der Waals surface area (Å²) in [6.45, 7) is 5.09. The van der Waals surface area contributed by atoms with Gasteiger partial charge in [0.1, 0.15) is 5.75 Å². The second kappa shape index (κ2) is 4.98. The molecule has 2 rings (SSSR count). The first kappa shape index (κ1) is 12.9. The fraction of sp³-hybridized carbons (Fsp3) is 0.500. The van der Waals surface area contributed by atoms with Crippen molar-refractivity contribution in [2.75, 3.05) is 13.1 Å². The largest absolute Gasteiger partial charge is 0.507 e. The number of benzene rings is 1. The molecule has 4 nitrogen and oxygen atoms in total. The van der Waals surface area contributed by atoms with E-state index < -0.39 is 0 Å². The summed E-state index contributed by atoms with van der Waals surface area (Å²) in [5.74, 6) is 0.389. The average molecular weight is 248 g/mol. The van der Waals surface area contributed by atoms with Crippen molar-refractivity contribution in [3.63, 3.8) is 0 Å². The van der Waals surface area contributed by atoms with E-state index in [9.17, 15) is 9.90 Å². The number of aromatic hydroxyl groups is 1. The molecule has 1 heterocycles. The first-order chi connectivity index (χ1) is 8.56. The minimum Gasteiger partial charge on any atom is -0.507 e. The number of hydrogen-bond donors (Lipinski definition) is 2. The summed E-state index contributed by atoms with van der Waals surface area (Å²) >= 11 is 0. The molecule has 1 fully saturated rings. The highest BCUT2D eigenvalue weighted by Crippen LogP contribution is 2.28. The van der Waals surface area contributed by atoms with Gasteiger partial charge in [0.2, 0.25) is 0 Å². The van der Waals surface area contributed by atoms with Crippen LogP contribution in [0.15, 0.2) is 18.2 Å². The lowest BCUT2D eigenvalue weighted by molar-refractivity contribution is 0.0724. The number of aryl methyl sites for hydroxylation is 1. The summed E-state index contributed by atoms with van der Waals surface area (Å²) in [4.78, 5) is 14.2. The number of phenolic OH excluding ortho intramolecular Hbond substituents is 1. The normalized spacial score (nSPS) is 23.4. The average Bonchev–Trinajstić information content (AvgIpc) is 2.73. The highest BCUT2D eigenvalue weighted by atomic mass is 16.3. The topological polar surface area (TPSA) is 66.6 Å². The van der Waals surface area contributed by atoms with Crippen molar-refractivity contribution in [2.45, 2.75) is 26.3 Å². The van der Waals surface area contributed by atoms with Gasteiger partial charge in [-0.15, -0.1) is 0 Å². The van der Waals surface area contributed by atoms with Crippen molar-refractivity contribution < 1.29 is 9.90 Å². The fourth-order valence-corrected chi connectivity index (χ4v) is 2.61. The summed E-state index contributed by atoms with van der Waals surface area (Å²) in [7, 11) is 0. The molecule has 1 aliphatic rings. The Morgan fingerprint density at radius 2 is 2.28 bits per heavy atom. The van der Waals surface area contributed by atoms with Crippen LogP contribution in [-0.2, 0) is 0 Å². The van der Waals surface area contributed by atoms with Gasteiger partial charge in [0.05, 0.1) is 5.56 Å². The maximum atomic E-state index is 12.4. The first-order valence-corrected chi connectivity index (χ1v) is 6.36. The molecule has 0 spiro atoms. The SMILES string of the molecule is Cc1cccc(C(=O)N2CCC(C)C2CN)c1O. The smallest absolute Gasteiger partial charge is 0.257 e. The van der Waals surface area contributed by atoms with Crippen molar-refractivity contribution >= 4 is 5.91 Å². The van der Waals surface area contributed by atoms with Crippen molar-refractivity contribution in [3.05, 3.63) is 29.3 Å². The number of phenols is 1. The van der Waals surface area contributed by atoms with Crippen LogP contribution in [0.5, 0.6) is 5.75 Å². The molecule has 98 valence electrons. The standard InChI is InChI=1S/C14H20N2O2/c1-9-6-7-16(12(9)8-15)14(18)11-5-3-4-10(2)13(11)17/h3-5,9,12,17H,6-8,15H2,1-2H3. The Hall–Kier alpha value is -1.55. The minimum absolute atomic E-state index is 0.0809. The molecule has 2 atom stereocenters. The number of hydrogen-bond acceptors (Lipinski definition) is 3. The van der Waals surface area contributed by atoms with Crippen LogP contribution < -0.4 is 5.73 Å². The van der Waals surface area contributed by atoms with E-state index in [1.807, 2.05) is 0 Å². The van der Waals surface area contributed by atoms with E-state index >= 15 is 0 Å². The monoisotopic (exact) mass is 248 g/mol. The van der Waals surface area contributed by atoms with E-state index in [1.54, 1.807) is 30.0 Å². The Morgan fingerprint density at radius 3 is 2.94 bits per heavy atom. The molecule has 18 heavy (non-hydrogen) atoms. The molecule has 1 aromatic carbocycles. The maximum absolute atomic E-state index is 12.4. The van der Waals surface area contributed by atoms with Gasteiger partial charge >= 0.3 is 0 Å². The molecule has 0 aliphatic carbocycles. The van der Waals surface area contributed by atoms with E-state index in [-0.39, 0.29) is 17.7 Å². The van der Waals surface area contributed by atoms with Gasteiger partial charge in [-0.1, -0.05) is 19.1 Å². The van der Waals surface area contributed by atoms with Crippen LogP contribution in [0.4, 0.5) is 0 Å². The number of carbonyl (C=O) groups is 1. The third-order valence-electron chi connectivity index (χ3n) is 3.85. The molecule has 1 aliphatic heterocycles. The Morgan fingerprint density at radius 1 is 1.56 bits per heavy atom. The number of nitrogens with zero attached hydrogens (tertiary/aromatic N) is 1. The van der Waals surface area contributed by atoms with Crippen molar-refractivity contribution in [2.24, 2.45) is 11.7 Å². The van der Waals surface area contributed by atoms with E-state index in [2.05, 4.69) is 6.92 Å². The Balaban J connectivity index is 2.29. The number of nitrogens with two attached hydrogens (primary N) is 1. The number of likely N-dealkylation sites (tertiary alicyclic amines) is 1. The van der Waals surface area contributed by atoms with E-state index in [0.717, 1.165) is 18.5 Å². The van der Waals surface area contributed by atoms with Crippen LogP contribution in [0, 0.1) is 12.8 Å². The quantitative estimate of drug-likeness (QED) is 0.833. The van der Waals surface area contributed by atoms with Crippen LogP contribution in [0.2, 0.25) is 0 Å². The van der Waals surface area contributed by atoms with E-state index in [0.29, 0.717) is 18.0 Å². The molecule has 0 aromatic heterocycles. The molecule has 0 radical (unpaired) electrons. The zero-order valence-electron chi connectivity index (χ0n) is 10.9. The van der Waals surface area contributed by atoms with Crippen molar-refractivity contribution in [3.8, 4) is 5.75 Å². The molecular weight excluding hydrogens is 228 g/mol. The Bertz CT molecular complexity index is 459. The lowest BCUT2D eigenvalue weighted by atomic mass is 10.0. The maximum Gasteiger partial charge on any atom is 0.257 e. The van der Waals surface area contributed by atoms with Gasteiger partial charge in [-0.3, -0.25) is 4.79 Å². The molecule has 4 heteroatoms. The Kier molecular flexibility index (Phi) is 3.57. The summed E-state index contributed by atoms with van der Waals surface area (Å²) in [6, 6.07) is 5.33. The molecule has 2 unspecified atom stereocenters. The highest BCUT2D eigenvalue weighted by molar-refractivity contribution is 5.97. The molecule has 0 bridgehead atoms. The molecule has 1 amide bonds. The van der Waals surface area contributed by atoms with Crippen LogP contribution in [0.1, 0.15) is 29.3 Å². The molecule has 1 aromatic rings. The number of carbonyl (C=O) groups excluding carboxylic acids is 1. The number of rotatable bonds is 2. The second-order valence-electron chi connectivity index (χ2n) is 5.04. The van der Waals surface area contributed by atoms with Crippen LogP contribution in [0.3, 0.4) is 0 Å². The summed E-state index contributed by atoms with van der Waals surface area (Å²) in [5, 5.41) is 9.97. The predicted molar refractivity (Wildman–Crippen MR) is 70.5 cm³/mol. The van der Waals surface area contributed by atoms with Crippen molar-refractivity contribution in [1.29, 1.82) is 0 Å². The zero-order valence-corrected chi connectivity index (χ0v) is 10.9. The van der Waals surface area contributed by atoms with E-state index in [4.69, 9.17) is 5.73 Å². The van der Waals surface area contributed by atoms with Gasteiger partial charge in [0.25, 0.3) is 5.91 Å². The minimum atomic E-state index is -0.115. The van der Waals surface area contributed by atoms with Crippen LogP contribution >= 0.6 is 0 Å². The van der Waals surface area contributed by atoms with Gasteiger partial charge in [-0.05, 0) is 30.9 Å². The molecule has 1 saturated heterocycles. The molecule has 0 saturated carbocycles. The first-order valence-electron chi connectivity index (χ1n) is 6.36. The lowest BCUT2D eigenvalue weighted by Gasteiger charge is -2.26. The predicted octanol–water partition coefficient (Wildman–Crippen LogP) is 1.51. The van der Waals surface area contributed by atoms with E-state index in [1.165, 1.54) is 0 Å². The van der Waals surface area contributed by atoms with Crippen LogP contribution in [0.25, 0.3) is 0 Å². The van der Waals surface area contributed by atoms with Gasteiger partial charge in [-0.2, -0.15) is 0 Å². The molecular formula is C14H20N2O2. The fourth-order valence-electron chi connectivity index (χ4n) is 2.61. The van der Waals surface area contributed by atoms with Gasteiger partial charge in [-0.25, -0.2) is 0 Å². The van der Waals surface area contributed by atoms with Crippen molar-refractivity contribution in [1.82, 2.24) is 4.90 Å². The Labute approximate surface area is 107 Å². The highest BCUT2D eigenvalue weighted by Gasteiger charge is 2.34. The summed E-state index contributed by atoms with van der Waals surface area (Å²) < 4.78 is 0. The lowest BCUT2D eigenvalue weighted by Crippen LogP contribution is -2.42.